The smallest absolute Gasteiger partial charge is 0.253 e. The molecule has 0 saturated carbocycles. The second-order valence-electron chi connectivity index (χ2n) is 9.73. The van der Waals surface area contributed by atoms with E-state index < -0.39 is 0 Å². The van der Waals surface area contributed by atoms with Crippen molar-refractivity contribution in [3.05, 3.63) is 143 Å². The van der Waals surface area contributed by atoms with Crippen molar-refractivity contribution in [1.29, 1.82) is 0 Å². The monoisotopic (exact) mass is 486 g/mol. The van der Waals surface area contributed by atoms with Gasteiger partial charge in [0.15, 0.2) is 0 Å². The Balaban J connectivity index is 1.30. The zero-order chi connectivity index (χ0) is 25.0. The number of nitrogens with one attached hydrogen (secondary N) is 2. The van der Waals surface area contributed by atoms with Crippen LogP contribution < -0.4 is 15.4 Å². The van der Waals surface area contributed by atoms with Crippen LogP contribution in [0.25, 0.3) is 0 Å². The number of para-hydroxylation sites is 2. The number of carbonyl (C=O) groups excluding carboxylic acids is 1. The lowest BCUT2D eigenvalue weighted by Crippen LogP contribution is -2.32. The zero-order valence-electron chi connectivity index (χ0n) is 20.6. The highest BCUT2D eigenvalue weighted by atomic mass is 16.5. The third-order valence-electron chi connectivity index (χ3n) is 7.43. The molecule has 2 N–H and O–H groups in total. The molecule has 1 aliphatic heterocycles. The Labute approximate surface area is 218 Å². The van der Waals surface area contributed by atoms with E-state index in [1.165, 1.54) is 5.56 Å². The van der Waals surface area contributed by atoms with E-state index in [0.29, 0.717) is 24.6 Å². The maximum absolute atomic E-state index is 13.4. The van der Waals surface area contributed by atoms with E-state index in [2.05, 4.69) is 53.1 Å². The fraction of sp³-hybridized carbons (Fsp3) is 0.182. The molecule has 184 valence electrons. The summed E-state index contributed by atoms with van der Waals surface area (Å²) in [5.74, 6) is 1.42. The maximum Gasteiger partial charge on any atom is 0.253 e. The standard InChI is InChI=1S/C33H30N2O2/c36-33(34-21-23-11-3-1-4-12-23)29-19-10-18-27-25-16-9-17-26(25)31(35-32(27)29)28-15-7-8-20-30(28)37-22-24-13-5-2-6-14-24/h1-16,18-20,25-26,31,35H,17,21-22H2,(H,34,36). The Bertz CT molecular complexity index is 1410. The first kappa shape index (κ1) is 23.1. The van der Waals surface area contributed by atoms with Gasteiger partial charge in [0.25, 0.3) is 5.91 Å². The van der Waals surface area contributed by atoms with Crippen molar-refractivity contribution in [2.24, 2.45) is 5.92 Å². The number of hydrogen-bond acceptors (Lipinski definition) is 3. The van der Waals surface area contributed by atoms with Crippen molar-refractivity contribution in [3.8, 4) is 5.75 Å². The van der Waals surface area contributed by atoms with Crippen LogP contribution in [0.15, 0.2) is 115 Å². The summed E-state index contributed by atoms with van der Waals surface area (Å²) < 4.78 is 6.34. The van der Waals surface area contributed by atoms with Gasteiger partial charge in [0, 0.05) is 18.0 Å². The summed E-state index contributed by atoms with van der Waals surface area (Å²) in [6, 6.07) is 34.6. The van der Waals surface area contributed by atoms with Gasteiger partial charge in [0.1, 0.15) is 12.4 Å². The van der Waals surface area contributed by atoms with Crippen LogP contribution in [0.2, 0.25) is 0 Å². The minimum Gasteiger partial charge on any atom is -0.489 e. The number of allylic oxidation sites excluding steroid dienone is 2. The van der Waals surface area contributed by atoms with Gasteiger partial charge >= 0.3 is 0 Å². The molecule has 4 nitrogen and oxygen atoms in total. The van der Waals surface area contributed by atoms with E-state index in [0.717, 1.165) is 34.5 Å². The van der Waals surface area contributed by atoms with Crippen molar-refractivity contribution < 1.29 is 9.53 Å². The van der Waals surface area contributed by atoms with Crippen molar-refractivity contribution in [3.63, 3.8) is 0 Å². The van der Waals surface area contributed by atoms with Gasteiger partial charge < -0.3 is 15.4 Å². The van der Waals surface area contributed by atoms with Gasteiger partial charge in [-0.2, -0.15) is 0 Å². The number of benzene rings is 4. The fourth-order valence-electron chi connectivity index (χ4n) is 5.60. The van der Waals surface area contributed by atoms with Crippen LogP contribution in [0, 0.1) is 5.92 Å². The number of carbonyl (C=O) groups is 1. The van der Waals surface area contributed by atoms with E-state index in [-0.39, 0.29) is 17.9 Å². The van der Waals surface area contributed by atoms with Crippen LogP contribution in [0.5, 0.6) is 5.75 Å². The minimum absolute atomic E-state index is 0.0301. The molecule has 0 spiro atoms. The van der Waals surface area contributed by atoms with E-state index >= 15 is 0 Å². The molecule has 3 atom stereocenters. The van der Waals surface area contributed by atoms with Crippen LogP contribution in [-0.4, -0.2) is 5.91 Å². The number of rotatable bonds is 7. The Hall–Kier alpha value is -4.31. The van der Waals surface area contributed by atoms with Crippen LogP contribution in [-0.2, 0) is 13.2 Å². The molecule has 1 aliphatic carbocycles. The summed E-state index contributed by atoms with van der Waals surface area (Å²) in [6.45, 7) is 1.01. The zero-order valence-corrected chi connectivity index (χ0v) is 20.6. The van der Waals surface area contributed by atoms with Gasteiger partial charge in [0.2, 0.25) is 0 Å². The van der Waals surface area contributed by atoms with Crippen molar-refractivity contribution in [2.75, 3.05) is 5.32 Å². The predicted octanol–water partition coefficient (Wildman–Crippen LogP) is 7.02. The first-order valence-electron chi connectivity index (χ1n) is 12.9. The summed E-state index contributed by atoms with van der Waals surface area (Å²) in [7, 11) is 0. The van der Waals surface area contributed by atoms with Crippen LogP contribution in [0.1, 0.15) is 51.0 Å². The number of hydrogen-bond donors (Lipinski definition) is 2. The average molecular weight is 487 g/mol. The second kappa shape index (κ2) is 10.4. The molecule has 4 heteroatoms. The lowest BCUT2D eigenvalue weighted by Gasteiger charge is -2.38. The van der Waals surface area contributed by atoms with E-state index in [9.17, 15) is 4.79 Å². The number of amides is 1. The molecule has 4 aromatic rings. The normalized spacial score (nSPS) is 19.4. The van der Waals surface area contributed by atoms with Crippen molar-refractivity contribution in [2.45, 2.75) is 31.5 Å². The summed E-state index contributed by atoms with van der Waals surface area (Å²) in [5, 5.41) is 6.90. The van der Waals surface area contributed by atoms with Crippen LogP contribution in [0.3, 0.4) is 0 Å². The molecule has 0 aromatic heterocycles. The maximum atomic E-state index is 13.4. The number of ether oxygens (including phenoxy) is 1. The fourth-order valence-corrected chi connectivity index (χ4v) is 5.60. The van der Waals surface area contributed by atoms with Gasteiger partial charge in [-0.25, -0.2) is 0 Å². The first-order valence-corrected chi connectivity index (χ1v) is 12.9. The third kappa shape index (κ3) is 4.75. The summed E-state index contributed by atoms with van der Waals surface area (Å²) in [4.78, 5) is 13.4. The molecule has 0 bridgehead atoms. The molecule has 37 heavy (non-hydrogen) atoms. The predicted molar refractivity (Wildman–Crippen MR) is 148 cm³/mol. The third-order valence-corrected chi connectivity index (χ3v) is 7.43. The second-order valence-corrected chi connectivity index (χ2v) is 9.73. The molecule has 1 amide bonds. The summed E-state index contributed by atoms with van der Waals surface area (Å²) in [5.41, 5.74) is 6.13. The highest BCUT2D eigenvalue weighted by Crippen LogP contribution is 2.52. The molecule has 0 saturated heterocycles. The molecule has 1 heterocycles. The Morgan fingerprint density at radius 3 is 2.32 bits per heavy atom. The van der Waals surface area contributed by atoms with Crippen molar-refractivity contribution >= 4 is 11.6 Å². The molecular formula is C33H30N2O2. The number of fused-ring (bicyclic) bond motifs is 3. The first-order chi connectivity index (χ1) is 18.3. The van der Waals surface area contributed by atoms with E-state index in [1.54, 1.807) is 0 Å². The molecule has 0 fully saturated rings. The van der Waals surface area contributed by atoms with E-state index in [4.69, 9.17) is 4.74 Å². The molecule has 2 aliphatic rings. The SMILES string of the molecule is O=C(NCc1ccccc1)c1cccc2c1NC(c1ccccc1OCc1ccccc1)C1CC=CC21. The largest absolute Gasteiger partial charge is 0.489 e. The molecular weight excluding hydrogens is 456 g/mol. The van der Waals surface area contributed by atoms with Gasteiger partial charge in [-0.3, -0.25) is 4.79 Å². The van der Waals surface area contributed by atoms with Crippen LogP contribution in [0.4, 0.5) is 5.69 Å². The lowest BCUT2D eigenvalue weighted by molar-refractivity contribution is 0.0951. The van der Waals surface area contributed by atoms with E-state index in [1.807, 2.05) is 72.8 Å². The molecule has 6 rings (SSSR count). The van der Waals surface area contributed by atoms with Crippen molar-refractivity contribution in [1.82, 2.24) is 5.32 Å². The lowest BCUT2D eigenvalue weighted by atomic mass is 9.76. The van der Waals surface area contributed by atoms with Gasteiger partial charge in [0.05, 0.1) is 17.3 Å². The molecule has 4 aromatic carbocycles. The summed E-state index contributed by atoms with van der Waals surface area (Å²) in [6.07, 6.45) is 5.56. The quantitative estimate of drug-likeness (QED) is 0.276. The highest BCUT2D eigenvalue weighted by Gasteiger charge is 2.40. The Morgan fingerprint density at radius 2 is 1.51 bits per heavy atom. The molecule has 3 unspecified atom stereocenters. The molecule has 0 radical (unpaired) electrons. The minimum atomic E-state index is -0.0685. The number of anilines is 1. The topological polar surface area (TPSA) is 50.4 Å². The van der Waals surface area contributed by atoms with Crippen LogP contribution >= 0.6 is 0 Å². The summed E-state index contributed by atoms with van der Waals surface area (Å²) >= 11 is 0. The Kier molecular flexibility index (Phi) is 6.47. The Morgan fingerprint density at radius 1 is 0.811 bits per heavy atom. The van der Waals surface area contributed by atoms with Gasteiger partial charge in [-0.15, -0.1) is 0 Å². The van der Waals surface area contributed by atoms with Gasteiger partial charge in [-0.1, -0.05) is 103 Å². The average Bonchev–Trinajstić information content (AvgIpc) is 3.46. The highest BCUT2D eigenvalue weighted by molar-refractivity contribution is 6.00. The van der Waals surface area contributed by atoms with Gasteiger partial charge in [-0.05, 0) is 41.2 Å².